The van der Waals surface area contributed by atoms with E-state index in [-0.39, 0.29) is 0 Å². The molecule has 0 saturated heterocycles. The van der Waals surface area contributed by atoms with Gasteiger partial charge in [-0.1, -0.05) is 31.2 Å². The third-order valence-electron chi connectivity index (χ3n) is 1.52. The van der Waals surface area contributed by atoms with Crippen molar-refractivity contribution in [2.45, 2.75) is 33.5 Å². The maximum Gasteiger partial charge on any atom is 0.183 e. The van der Waals surface area contributed by atoms with Gasteiger partial charge < -0.3 is 4.43 Å². The Balaban J connectivity index is 3.69. The van der Waals surface area contributed by atoms with Gasteiger partial charge in [-0.05, 0) is 32.5 Å². The van der Waals surface area contributed by atoms with E-state index in [4.69, 9.17) is 4.43 Å². The second-order valence-corrected chi connectivity index (χ2v) is 8.82. The van der Waals surface area contributed by atoms with Crippen LogP contribution in [0.25, 0.3) is 0 Å². The number of rotatable bonds is 5. The zero-order valence-corrected chi connectivity index (χ0v) is 10.5. The van der Waals surface area contributed by atoms with Gasteiger partial charge >= 0.3 is 0 Å². The highest BCUT2D eigenvalue weighted by Gasteiger charge is 2.14. The summed E-state index contributed by atoms with van der Waals surface area (Å²) in [6, 6.07) is 0. The molecule has 0 bridgehead atoms. The monoisotopic (exact) mass is 198 g/mol. The Morgan fingerprint density at radius 3 is 2.31 bits per heavy atom. The molecule has 1 atom stereocenters. The van der Waals surface area contributed by atoms with E-state index in [1.54, 1.807) is 0 Å². The second-order valence-electron chi connectivity index (χ2n) is 4.31. The summed E-state index contributed by atoms with van der Waals surface area (Å²) in [6.45, 7) is 11.7. The number of allylic oxidation sites excluding steroid dienone is 3. The molecule has 0 aromatic carbocycles. The zero-order chi connectivity index (χ0) is 10.3. The molecular formula is C11H22OSi. The van der Waals surface area contributed by atoms with Crippen LogP contribution in [0, 0.1) is 5.92 Å². The first-order valence-corrected chi connectivity index (χ1v) is 8.30. The molecule has 0 spiro atoms. The van der Waals surface area contributed by atoms with Crippen LogP contribution in [0.15, 0.2) is 24.3 Å². The molecular weight excluding hydrogens is 176 g/mol. The van der Waals surface area contributed by atoms with Crippen molar-refractivity contribution in [1.82, 2.24) is 0 Å². The Hall–Kier alpha value is -0.343. The zero-order valence-electron chi connectivity index (χ0n) is 9.50. The van der Waals surface area contributed by atoms with Gasteiger partial charge in [0, 0.05) is 6.61 Å². The average molecular weight is 198 g/mol. The van der Waals surface area contributed by atoms with Crippen LogP contribution in [0.2, 0.25) is 19.6 Å². The Morgan fingerprint density at radius 1 is 1.23 bits per heavy atom. The van der Waals surface area contributed by atoms with Crippen molar-refractivity contribution in [1.29, 1.82) is 0 Å². The lowest BCUT2D eigenvalue weighted by Gasteiger charge is -2.18. The molecule has 0 aromatic rings. The molecule has 0 unspecified atom stereocenters. The molecule has 1 nitrogen and oxygen atoms in total. The van der Waals surface area contributed by atoms with Crippen LogP contribution in [-0.4, -0.2) is 14.9 Å². The van der Waals surface area contributed by atoms with Crippen molar-refractivity contribution in [3.05, 3.63) is 24.3 Å². The van der Waals surface area contributed by atoms with Crippen molar-refractivity contribution >= 4 is 8.32 Å². The van der Waals surface area contributed by atoms with E-state index in [1.165, 1.54) is 0 Å². The first kappa shape index (κ1) is 12.7. The molecule has 2 heteroatoms. The predicted octanol–water partition coefficient (Wildman–Crippen LogP) is 3.61. The molecule has 0 saturated carbocycles. The fourth-order valence-electron chi connectivity index (χ4n) is 0.802. The van der Waals surface area contributed by atoms with Gasteiger partial charge in [0.15, 0.2) is 8.32 Å². The molecule has 0 amide bonds. The first-order valence-electron chi connectivity index (χ1n) is 4.89. The highest BCUT2D eigenvalue weighted by Crippen LogP contribution is 2.07. The summed E-state index contributed by atoms with van der Waals surface area (Å²) in [7, 11) is -1.32. The Labute approximate surface area is 83.6 Å². The van der Waals surface area contributed by atoms with Gasteiger partial charge in [-0.25, -0.2) is 0 Å². The van der Waals surface area contributed by atoms with Crippen LogP contribution in [0.5, 0.6) is 0 Å². The molecule has 0 rings (SSSR count). The van der Waals surface area contributed by atoms with Crippen LogP contribution in [0.1, 0.15) is 13.8 Å². The van der Waals surface area contributed by atoms with Gasteiger partial charge in [0.25, 0.3) is 0 Å². The second kappa shape index (κ2) is 6.16. The third-order valence-corrected chi connectivity index (χ3v) is 2.56. The number of hydrogen-bond donors (Lipinski definition) is 0. The van der Waals surface area contributed by atoms with Gasteiger partial charge in [0.1, 0.15) is 0 Å². The highest BCUT2D eigenvalue weighted by molar-refractivity contribution is 6.69. The lowest BCUT2D eigenvalue weighted by Crippen LogP contribution is -2.27. The minimum atomic E-state index is -1.32. The lowest BCUT2D eigenvalue weighted by molar-refractivity contribution is 0.278. The van der Waals surface area contributed by atoms with E-state index in [1.807, 2.05) is 19.1 Å². The number of hydrogen-bond acceptors (Lipinski definition) is 1. The van der Waals surface area contributed by atoms with Crippen LogP contribution < -0.4 is 0 Å². The summed E-state index contributed by atoms with van der Waals surface area (Å²) in [5.41, 5.74) is 0. The standard InChI is InChI=1S/C11H22OSi/c1-6-7-8-9-11(2)10-12-13(3,4)5/h6-9,11H,10H2,1-5H3/b7-6+,9-8+/t11-/m0/s1. The van der Waals surface area contributed by atoms with Crippen LogP contribution in [0.3, 0.4) is 0 Å². The Kier molecular flexibility index (Phi) is 6.00. The van der Waals surface area contributed by atoms with Crippen molar-refractivity contribution < 1.29 is 4.43 Å². The summed E-state index contributed by atoms with van der Waals surface area (Å²) in [5, 5.41) is 0. The van der Waals surface area contributed by atoms with E-state index in [0.29, 0.717) is 5.92 Å². The minimum Gasteiger partial charge on any atom is -0.417 e. The topological polar surface area (TPSA) is 9.23 Å². The maximum absolute atomic E-state index is 5.79. The molecule has 0 fully saturated rings. The Bertz CT molecular complexity index is 177. The third kappa shape index (κ3) is 9.57. The van der Waals surface area contributed by atoms with E-state index >= 15 is 0 Å². The van der Waals surface area contributed by atoms with Crippen molar-refractivity contribution in [2.75, 3.05) is 6.61 Å². The molecule has 0 aliphatic heterocycles. The van der Waals surface area contributed by atoms with Crippen LogP contribution >= 0.6 is 0 Å². The summed E-state index contributed by atoms with van der Waals surface area (Å²) in [5.74, 6) is 0.517. The fraction of sp³-hybridized carbons (Fsp3) is 0.636. The maximum atomic E-state index is 5.79. The predicted molar refractivity (Wildman–Crippen MR) is 62.4 cm³/mol. The molecule has 0 N–H and O–H groups in total. The normalized spacial score (nSPS) is 15.8. The first-order chi connectivity index (χ1) is 5.95. The van der Waals surface area contributed by atoms with Crippen molar-refractivity contribution in [3.63, 3.8) is 0 Å². The highest BCUT2D eigenvalue weighted by atomic mass is 28.4. The summed E-state index contributed by atoms with van der Waals surface area (Å²) >= 11 is 0. The van der Waals surface area contributed by atoms with E-state index in [2.05, 4.69) is 38.7 Å². The molecule has 0 heterocycles. The van der Waals surface area contributed by atoms with Crippen LogP contribution in [-0.2, 0) is 4.43 Å². The van der Waals surface area contributed by atoms with E-state index < -0.39 is 8.32 Å². The molecule has 13 heavy (non-hydrogen) atoms. The van der Waals surface area contributed by atoms with Gasteiger partial charge in [-0.2, -0.15) is 0 Å². The van der Waals surface area contributed by atoms with E-state index in [9.17, 15) is 0 Å². The summed E-state index contributed by atoms with van der Waals surface area (Å²) in [6.07, 6.45) is 8.34. The van der Waals surface area contributed by atoms with Gasteiger partial charge in [-0.15, -0.1) is 0 Å². The largest absolute Gasteiger partial charge is 0.417 e. The molecule has 0 aliphatic carbocycles. The summed E-state index contributed by atoms with van der Waals surface area (Å²) in [4.78, 5) is 0. The molecule has 0 aromatic heterocycles. The van der Waals surface area contributed by atoms with Gasteiger partial charge in [0.05, 0.1) is 0 Å². The molecule has 0 radical (unpaired) electrons. The van der Waals surface area contributed by atoms with Gasteiger partial charge in [-0.3, -0.25) is 0 Å². The van der Waals surface area contributed by atoms with E-state index in [0.717, 1.165) is 6.61 Å². The molecule has 76 valence electrons. The fourth-order valence-corrected chi connectivity index (χ4v) is 1.56. The van der Waals surface area contributed by atoms with Crippen molar-refractivity contribution in [2.24, 2.45) is 5.92 Å². The average Bonchev–Trinajstić information content (AvgIpc) is 2.00. The summed E-state index contributed by atoms with van der Waals surface area (Å²) < 4.78 is 5.79. The minimum absolute atomic E-state index is 0.517. The smallest absolute Gasteiger partial charge is 0.183 e. The molecule has 0 aliphatic rings. The van der Waals surface area contributed by atoms with Gasteiger partial charge in [0.2, 0.25) is 0 Å². The SMILES string of the molecule is C/C=C/C=C/[C@H](C)CO[Si](C)(C)C. The Morgan fingerprint density at radius 2 is 1.85 bits per heavy atom. The van der Waals surface area contributed by atoms with Crippen LogP contribution in [0.4, 0.5) is 0 Å². The lowest BCUT2D eigenvalue weighted by atomic mass is 10.2. The van der Waals surface area contributed by atoms with Crippen molar-refractivity contribution in [3.8, 4) is 0 Å². The quantitative estimate of drug-likeness (QED) is 0.484.